The lowest BCUT2D eigenvalue weighted by Gasteiger charge is -2.17. The Morgan fingerprint density at radius 1 is 1.42 bits per heavy atom. The van der Waals surface area contributed by atoms with Crippen LogP contribution in [0.15, 0.2) is 22.7 Å². The van der Waals surface area contributed by atoms with Crippen molar-refractivity contribution in [3.63, 3.8) is 0 Å². The fourth-order valence-corrected chi connectivity index (χ4v) is 2.12. The molecule has 0 aromatic heterocycles. The van der Waals surface area contributed by atoms with E-state index >= 15 is 0 Å². The molecule has 1 aromatic rings. The van der Waals surface area contributed by atoms with E-state index in [1.54, 1.807) is 13.8 Å². The normalized spacial score (nSPS) is 15.6. The first-order valence-electron chi connectivity index (χ1n) is 6.81. The van der Waals surface area contributed by atoms with Crippen LogP contribution >= 0.6 is 15.9 Å². The highest BCUT2D eigenvalue weighted by Crippen LogP contribution is 2.25. The summed E-state index contributed by atoms with van der Waals surface area (Å²) in [5.41, 5.74) is 0.541. The van der Waals surface area contributed by atoms with Crippen molar-refractivity contribution in [3.05, 3.63) is 28.2 Å². The Hall–Kier alpha value is -0.580. The van der Waals surface area contributed by atoms with Crippen molar-refractivity contribution in [1.29, 1.82) is 0 Å². The van der Waals surface area contributed by atoms with Crippen molar-refractivity contribution in [2.45, 2.75) is 51.3 Å². The summed E-state index contributed by atoms with van der Waals surface area (Å²) < 4.78 is 6.80. The van der Waals surface area contributed by atoms with Gasteiger partial charge >= 0.3 is 0 Å². The van der Waals surface area contributed by atoms with Gasteiger partial charge in [-0.25, -0.2) is 0 Å². The molecule has 0 bridgehead atoms. The summed E-state index contributed by atoms with van der Waals surface area (Å²) in [7, 11) is 0. The Morgan fingerprint density at radius 3 is 2.79 bits per heavy atom. The van der Waals surface area contributed by atoms with Gasteiger partial charge in [-0.15, -0.1) is 0 Å². The molecule has 1 aliphatic carbocycles. The van der Waals surface area contributed by atoms with E-state index in [-0.39, 0.29) is 0 Å². The van der Waals surface area contributed by atoms with E-state index in [2.05, 4.69) is 27.3 Å². The minimum absolute atomic E-state index is 0.528. The van der Waals surface area contributed by atoms with Crippen molar-refractivity contribution in [2.75, 3.05) is 6.61 Å². The lowest BCUT2D eigenvalue weighted by Crippen LogP contribution is -2.21. The van der Waals surface area contributed by atoms with Crippen LogP contribution in [-0.2, 0) is 6.54 Å². The van der Waals surface area contributed by atoms with Crippen LogP contribution in [-0.4, -0.2) is 23.4 Å². The van der Waals surface area contributed by atoms with Crippen LogP contribution in [0.4, 0.5) is 0 Å². The summed E-state index contributed by atoms with van der Waals surface area (Å²) >= 11 is 3.57. The van der Waals surface area contributed by atoms with Gasteiger partial charge in [0.25, 0.3) is 0 Å². The zero-order valence-electron chi connectivity index (χ0n) is 11.6. The van der Waals surface area contributed by atoms with Crippen LogP contribution in [0.2, 0.25) is 0 Å². The second-order valence-corrected chi connectivity index (χ2v) is 6.67. The minimum Gasteiger partial charge on any atom is -0.493 e. The van der Waals surface area contributed by atoms with Crippen LogP contribution in [0.1, 0.15) is 38.7 Å². The SMILES string of the molecule is CC(C)(O)CCOc1ccc(Br)c(CNC2CC2)c1. The summed E-state index contributed by atoms with van der Waals surface area (Å²) in [4.78, 5) is 0. The topological polar surface area (TPSA) is 41.5 Å². The van der Waals surface area contributed by atoms with Crippen LogP contribution in [0, 0.1) is 0 Å². The number of halogens is 1. The monoisotopic (exact) mass is 327 g/mol. The van der Waals surface area contributed by atoms with Gasteiger partial charge in [0.1, 0.15) is 5.75 Å². The first-order valence-corrected chi connectivity index (χ1v) is 7.60. The summed E-state index contributed by atoms with van der Waals surface area (Å²) in [6, 6.07) is 6.73. The van der Waals surface area contributed by atoms with Crippen molar-refractivity contribution < 1.29 is 9.84 Å². The maximum absolute atomic E-state index is 9.65. The highest BCUT2D eigenvalue weighted by molar-refractivity contribution is 9.10. The molecule has 0 saturated heterocycles. The van der Waals surface area contributed by atoms with E-state index < -0.39 is 5.60 Å². The lowest BCUT2D eigenvalue weighted by atomic mass is 10.1. The third-order valence-corrected chi connectivity index (χ3v) is 3.93. The third kappa shape index (κ3) is 5.51. The molecule has 0 heterocycles. The molecule has 0 amide bonds. The van der Waals surface area contributed by atoms with Crippen LogP contribution < -0.4 is 10.1 Å². The van der Waals surface area contributed by atoms with Gasteiger partial charge in [-0.3, -0.25) is 0 Å². The molecule has 0 atom stereocenters. The Balaban J connectivity index is 1.87. The number of nitrogens with one attached hydrogen (secondary N) is 1. The molecule has 1 aliphatic rings. The molecule has 0 unspecified atom stereocenters. The molecule has 0 radical (unpaired) electrons. The third-order valence-electron chi connectivity index (χ3n) is 3.16. The van der Waals surface area contributed by atoms with Crippen molar-refractivity contribution >= 4 is 15.9 Å². The molecule has 1 aromatic carbocycles. The Morgan fingerprint density at radius 2 is 2.16 bits per heavy atom. The predicted molar refractivity (Wildman–Crippen MR) is 80.4 cm³/mol. The Kier molecular flexibility index (Phi) is 4.87. The van der Waals surface area contributed by atoms with Gasteiger partial charge in [0.05, 0.1) is 12.2 Å². The molecule has 19 heavy (non-hydrogen) atoms. The van der Waals surface area contributed by atoms with Gasteiger partial charge in [0, 0.05) is 23.5 Å². The summed E-state index contributed by atoms with van der Waals surface area (Å²) in [5.74, 6) is 0.861. The molecule has 2 rings (SSSR count). The summed E-state index contributed by atoms with van der Waals surface area (Å²) in [6.07, 6.45) is 3.21. The van der Waals surface area contributed by atoms with Gasteiger partial charge < -0.3 is 15.2 Å². The van der Waals surface area contributed by atoms with Crippen molar-refractivity contribution in [2.24, 2.45) is 0 Å². The first kappa shape index (κ1) is 14.8. The Labute approximate surface area is 123 Å². The predicted octanol–water partition coefficient (Wildman–Crippen LogP) is 3.24. The fraction of sp³-hybridized carbons (Fsp3) is 0.600. The number of hydrogen-bond acceptors (Lipinski definition) is 3. The summed E-state index contributed by atoms with van der Waals surface area (Å²) in [5, 5.41) is 13.1. The molecular formula is C15H22BrNO2. The zero-order chi connectivity index (χ0) is 13.9. The summed E-state index contributed by atoms with van der Waals surface area (Å²) in [6.45, 7) is 4.99. The number of aliphatic hydroxyl groups is 1. The fourth-order valence-electron chi connectivity index (χ4n) is 1.74. The minimum atomic E-state index is -0.675. The van der Waals surface area contributed by atoms with Gasteiger partial charge in [-0.2, -0.15) is 0 Å². The maximum Gasteiger partial charge on any atom is 0.119 e. The van der Waals surface area contributed by atoms with E-state index in [0.717, 1.165) is 16.8 Å². The van der Waals surface area contributed by atoms with Gasteiger partial charge in [-0.1, -0.05) is 15.9 Å². The first-order chi connectivity index (χ1) is 8.94. The molecule has 106 valence electrons. The van der Waals surface area contributed by atoms with Gasteiger partial charge in [0.2, 0.25) is 0 Å². The zero-order valence-corrected chi connectivity index (χ0v) is 13.2. The quantitative estimate of drug-likeness (QED) is 0.807. The van der Waals surface area contributed by atoms with E-state index in [9.17, 15) is 5.11 Å². The number of benzene rings is 1. The molecule has 0 aliphatic heterocycles. The van der Waals surface area contributed by atoms with Crippen LogP contribution in [0.5, 0.6) is 5.75 Å². The molecule has 0 spiro atoms. The van der Waals surface area contributed by atoms with E-state index in [0.29, 0.717) is 19.1 Å². The van der Waals surface area contributed by atoms with Gasteiger partial charge in [0.15, 0.2) is 0 Å². The molecule has 1 fully saturated rings. The van der Waals surface area contributed by atoms with E-state index in [1.165, 1.54) is 18.4 Å². The molecule has 4 heteroatoms. The van der Waals surface area contributed by atoms with Crippen molar-refractivity contribution in [1.82, 2.24) is 5.32 Å². The highest BCUT2D eigenvalue weighted by atomic mass is 79.9. The highest BCUT2D eigenvalue weighted by Gasteiger charge is 2.20. The van der Waals surface area contributed by atoms with Crippen LogP contribution in [0.25, 0.3) is 0 Å². The second-order valence-electron chi connectivity index (χ2n) is 5.82. The van der Waals surface area contributed by atoms with E-state index in [1.807, 2.05) is 12.1 Å². The molecule has 3 nitrogen and oxygen atoms in total. The largest absolute Gasteiger partial charge is 0.493 e. The molecule has 2 N–H and O–H groups in total. The number of rotatable bonds is 7. The van der Waals surface area contributed by atoms with E-state index in [4.69, 9.17) is 4.74 Å². The smallest absolute Gasteiger partial charge is 0.119 e. The van der Waals surface area contributed by atoms with Gasteiger partial charge in [-0.05, 0) is 50.5 Å². The molecular weight excluding hydrogens is 306 g/mol. The maximum atomic E-state index is 9.65. The average Bonchev–Trinajstić information content (AvgIpc) is 3.12. The van der Waals surface area contributed by atoms with Crippen molar-refractivity contribution in [3.8, 4) is 5.75 Å². The Bertz CT molecular complexity index is 425. The number of ether oxygens (including phenoxy) is 1. The lowest BCUT2D eigenvalue weighted by molar-refractivity contribution is 0.0553. The average molecular weight is 328 g/mol. The second kappa shape index (κ2) is 6.25. The van der Waals surface area contributed by atoms with Crippen LogP contribution in [0.3, 0.4) is 0 Å². The number of hydrogen-bond donors (Lipinski definition) is 2. The molecule has 1 saturated carbocycles. The standard InChI is InChI=1S/C15H22BrNO2/c1-15(2,18)7-8-19-13-5-6-14(16)11(9-13)10-17-12-3-4-12/h5-6,9,12,17-18H,3-4,7-8,10H2,1-2H3.